The van der Waals surface area contributed by atoms with Crippen molar-refractivity contribution in [2.75, 3.05) is 27.4 Å². The van der Waals surface area contributed by atoms with Crippen molar-refractivity contribution in [1.82, 2.24) is 9.96 Å². The molecule has 1 fully saturated rings. The molecule has 0 aromatic carbocycles. The van der Waals surface area contributed by atoms with Gasteiger partial charge in [-0.25, -0.2) is 5.06 Å². The Morgan fingerprint density at radius 2 is 1.75 bits per heavy atom. The molecule has 0 radical (unpaired) electrons. The Hall–Kier alpha value is -1.37. The molecule has 0 spiro atoms. The third-order valence-corrected chi connectivity index (χ3v) is 4.12. The van der Waals surface area contributed by atoms with Crippen molar-refractivity contribution in [2.45, 2.75) is 59.2 Å². The Labute approximate surface area is 145 Å². The first-order chi connectivity index (χ1) is 11.2. The first-order valence-corrected chi connectivity index (χ1v) is 8.44. The standard InChI is InChI=1S/C16H26N2O4.C2H6/c1-15(2)10-21-11-16(3,4)18(15)9-12-7-8-13(22-12)14(19)17(5)20-6;1-2/h7-8H,9-11H2,1-6H3;1-2H3. The van der Waals surface area contributed by atoms with Gasteiger partial charge in [0, 0.05) is 18.1 Å². The van der Waals surface area contributed by atoms with Crippen molar-refractivity contribution in [1.29, 1.82) is 0 Å². The van der Waals surface area contributed by atoms with Gasteiger partial charge in [-0.3, -0.25) is 14.5 Å². The van der Waals surface area contributed by atoms with Crippen LogP contribution >= 0.6 is 0 Å². The average Bonchev–Trinajstić information content (AvgIpc) is 3.00. The summed E-state index contributed by atoms with van der Waals surface area (Å²) in [6.07, 6.45) is 0. The number of hydroxylamine groups is 2. The van der Waals surface area contributed by atoms with E-state index < -0.39 is 0 Å². The van der Waals surface area contributed by atoms with Crippen LogP contribution in [0.4, 0.5) is 0 Å². The Kier molecular flexibility index (Phi) is 7.01. The van der Waals surface area contributed by atoms with Crippen molar-refractivity contribution in [2.24, 2.45) is 0 Å². The molecular formula is C18H32N2O4. The third kappa shape index (κ3) is 4.59. The molecule has 1 aliphatic rings. The minimum atomic E-state index is -0.297. The van der Waals surface area contributed by atoms with E-state index in [9.17, 15) is 4.79 Å². The van der Waals surface area contributed by atoms with E-state index >= 15 is 0 Å². The maximum atomic E-state index is 12.0. The highest BCUT2D eigenvalue weighted by Gasteiger charge is 2.42. The molecule has 0 N–H and O–H groups in total. The molecule has 0 aliphatic carbocycles. The summed E-state index contributed by atoms with van der Waals surface area (Å²) < 4.78 is 11.4. The molecule has 6 nitrogen and oxygen atoms in total. The van der Waals surface area contributed by atoms with Crippen LogP contribution in [0.3, 0.4) is 0 Å². The lowest BCUT2D eigenvalue weighted by Crippen LogP contribution is -2.62. The van der Waals surface area contributed by atoms with Gasteiger partial charge in [-0.2, -0.15) is 0 Å². The van der Waals surface area contributed by atoms with E-state index in [1.54, 1.807) is 13.1 Å². The summed E-state index contributed by atoms with van der Waals surface area (Å²) >= 11 is 0. The normalized spacial score (nSPS) is 19.3. The number of morpholine rings is 1. The number of hydrogen-bond acceptors (Lipinski definition) is 5. The Bertz CT molecular complexity index is 521. The largest absolute Gasteiger partial charge is 0.454 e. The highest BCUT2D eigenvalue weighted by molar-refractivity contribution is 5.90. The van der Waals surface area contributed by atoms with Crippen LogP contribution in [0.2, 0.25) is 0 Å². The van der Waals surface area contributed by atoms with Crippen LogP contribution in [0.1, 0.15) is 57.9 Å². The second-order valence-corrected chi connectivity index (χ2v) is 6.95. The van der Waals surface area contributed by atoms with Crippen LogP contribution in [-0.2, 0) is 16.1 Å². The smallest absolute Gasteiger partial charge is 0.312 e. The molecule has 1 saturated heterocycles. The van der Waals surface area contributed by atoms with Crippen molar-refractivity contribution in [3.05, 3.63) is 23.7 Å². The number of amides is 1. The topological polar surface area (TPSA) is 55.2 Å². The van der Waals surface area contributed by atoms with E-state index in [2.05, 4.69) is 32.6 Å². The third-order valence-electron chi connectivity index (χ3n) is 4.12. The van der Waals surface area contributed by atoms with Crippen molar-refractivity contribution >= 4 is 5.91 Å². The second kappa shape index (κ2) is 8.14. The summed E-state index contributed by atoms with van der Waals surface area (Å²) in [6, 6.07) is 3.53. The van der Waals surface area contributed by atoms with Crippen LogP contribution < -0.4 is 0 Å². The summed E-state index contributed by atoms with van der Waals surface area (Å²) in [5.41, 5.74) is -0.190. The second-order valence-electron chi connectivity index (χ2n) is 6.95. The lowest BCUT2D eigenvalue weighted by molar-refractivity contribution is -0.133. The van der Waals surface area contributed by atoms with Crippen LogP contribution in [0.5, 0.6) is 0 Å². The van der Waals surface area contributed by atoms with E-state index in [1.807, 2.05) is 19.9 Å². The zero-order chi connectivity index (χ0) is 18.5. The molecule has 1 aromatic rings. The fourth-order valence-electron chi connectivity index (χ4n) is 2.93. The van der Waals surface area contributed by atoms with Gasteiger partial charge in [-0.15, -0.1) is 0 Å². The number of rotatable bonds is 4. The number of hydrogen-bond donors (Lipinski definition) is 0. The van der Waals surface area contributed by atoms with Crippen LogP contribution in [0, 0.1) is 0 Å². The zero-order valence-electron chi connectivity index (χ0n) is 16.3. The van der Waals surface area contributed by atoms with Gasteiger partial charge < -0.3 is 9.15 Å². The predicted molar refractivity (Wildman–Crippen MR) is 93.7 cm³/mol. The Balaban J connectivity index is 0.00000139. The molecule has 0 atom stereocenters. The van der Waals surface area contributed by atoms with Gasteiger partial charge in [-0.05, 0) is 39.8 Å². The highest BCUT2D eigenvalue weighted by atomic mass is 16.7. The van der Waals surface area contributed by atoms with Crippen LogP contribution in [0.25, 0.3) is 0 Å². The number of carbonyl (C=O) groups is 1. The quantitative estimate of drug-likeness (QED) is 0.787. The monoisotopic (exact) mass is 340 g/mol. The first-order valence-electron chi connectivity index (χ1n) is 8.44. The van der Waals surface area contributed by atoms with Gasteiger partial charge in [0.2, 0.25) is 0 Å². The number of furan rings is 1. The lowest BCUT2D eigenvalue weighted by atomic mass is 9.91. The van der Waals surface area contributed by atoms with E-state index in [0.29, 0.717) is 19.8 Å². The molecule has 1 aliphatic heterocycles. The number of nitrogens with zero attached hydrogens (tertiary/aromatic N) is 2. The maximum Gasteiger partial charge on any atom is 0.312 e. The minimum Gasteiger partial charge on any atom is -0.454 e. The van der Waals surface area contributed by atoms with Gasteiger partial charge in [0.15, 0.2) is 5.76 Å². The number of carbonyl (C=O) groups excluding carboxylic acids is 1. The van der Waals surface area contributed by atoms with Gasteiger partial charge in [0.1, 0.15) is 5.76 Å². The molecule has 1 amide bonds. The maximum absolute atomic E-state index is 12.0. The average molecular weight is 340 g/mol. The summed E-state index contributed by atoms with van der Waals surface area (Å²) in [7, 11) is 3.00. The SMILES string of the molecule is CC.CON(C)C(=O)c1ccc(CN2C(C)(C)COCC2(C)C)o1. The van der Waals surface area contributed by atoms with Gasteiger partial charge in [0.05, 0.1) is 26.9 Å². The molecule has 0 bridgehead atoms. The molecule has 2 rings (SSSR count). The fourth-order valence-corrected chi connectivity index (χ4v) is 2.93. The predicted octanol–water partition coefficient (Wildman–Crippen LogP) is 3.33. The fraction of sp³-hybridized carbons (Fsp3) is 0.722. The summed E-state index contributed by atoms with van der Waals surface area (Å²) in [5.74, 6) is 0.744. The zero-order valence-corrected chi connectivity index (χ0v) is 16.3. The van der Waals surface area contributed by atoms with Gasteiger partial charge >= 0.3 is 5.91 Å². The molecule has 0 unspecified atom stereocenters. The molecule has 6 heteroatoms. The molecule has 2 heterocycles. The Morgan fingerprint density at radius 1 is 1.21 bits per heavy atom. The van der Waals surface area contributed by atoms with Crippen molar-refractivity contribution in [3.8, 4) is 0 Å². The Morgan fingerprint density at radius 3 is 2.25 bits per heavy atom. The summed E-state index contributed by atoms with van der Waals surface area (Å²) in [6.45, 7) is 14.6. The van der Waals surface area contributed by atoms with Crippen molar-refractivity contribution in [3.63, 3.8) is 0 Å². The summed E-state index contributed by atoms with van der Waals surface area (Å²) in [5, 5.41) is 1.14. The first kappa shape index (κ1) is 20.7. The highest BCUT2D eigenvalue weighted by Crippen LogP contribution is 2.32. The number of ether oxygens (including phenoxy) is 1. The molecule has 24 heavy (non-hydrogen) atoms. The molecular weight excluding hydrogens is 308 g/mol. The molecule has 1 aromatic heterocycles. The minimum absolute atomic E-state index is 0.0952. The van der Waals surface area contributed by atoms with E-state index in [1.165, 1.54) is 7.11 Å². The molecule has 0 saturated carbocycles. The van der Waals surface area contributed by atoms with Gasteiger partial charge in [0.25, 0.3) is 0 Å². The summed E-state index contributed by atoms with van der Waals surface area (Å²) in [4.78, 5) is 19.3. The van der Waals surface area contributed by atoms with E-state index in [4.69, 9.17) is 14.0 Å². The van der Waals surface area contributed by atoms with Gasteiger partial charge in [-0.1, -0.05) is 13.8 Å². The lowest BCUT2D eigenvalue weighted by Gasteiger charge is -2.52. The van der Waals surface area contributed by atoms with Crippen LogP contribution in [0.15, 0.2) is 16.5 Å². The van der Waals surface area contributed by atoms with E-state index in [0.717, 1.165) is 10.8 Å². The van der Waals surface area contributed by atoms with E-state index in [-0.39, 0.29) is 22.7 Å². The van der Waals surface area contributed by atoms with Crippen molar-refractivity contribution < 1.29 is 18.8 Å². The van der Waals surface area contributed by atoms with Crippen LogP contribution in [-0.4, -0.2) is 54.3 Å². The molecule has 138 valence electrons.